The van der Waals surface area contributed by atoms with E-state index in [-0.39, 0.29) is 0 Å². The molecule has 0 aliphatic rings. The van der Waals surface area contributed by atoms with E-state index in [1.807, 2.05) is 24.3 Å². The third-order valence-electron chi connectivity index (χ3n) is 9.88. The monoisotopic (exact) mass is 665 g/mol. The number of rotatable bonds is 6. The Kier molecular flexibility index (Phi) is 7.10. The molecule has 0 aliphatic heterocycles. The van der Waals surface area contributed by atoms with Gasteiger partial charge in [0, 0.05) is 22.1 Å². The summed E-state index contributed by atoms with van der Waals surface area (Å²) in [6, 6.07) is 65.5. The van der Waals surface area contributed by atoms with Crippen molar-refractivity contribution in [2.45, 2.75) is 0 Å². The first-order chi connectivity index (χ1) is 25.8. The molecule has 0 N–H and O–H groups in total. The van der Waals surface area contributed by atoms with Crippen LogP contribution in [-0.4, -0.2) is 14.4 Å². The van der Waals surface area contributed by atoms with Crippen molar-refractivity contribution in [1.29, 1.82) is 0 Å². The summed E-state index contributed by atoms with van der Waals surface area (Å²) < 4.78 is 8.71. The summed E-state index contributed by atoms with van der Waals surface area (Å²) in [5, 5.41) is 1.16. The maximum atomic E-state index is 6.48. The van der Waals surface area contributed by atoms with Crippen LogP contribution in [0.2, 0.25) is 0 Å². The molecule has 3 aromatic heterocycles. The van der Waals surface area contributed by atoms with Crippen molar-refractivity contribution in [3.05, 3.63) is 188 Å². The summed E-state index contributed by atoms with van der Waals surface area (Å²) in [5.41, 5.74) is 15.5. The van der Waals surface area contributed by atoms with Gasteiger partial charge < -0.3 is 4.42 Å². The highest BCUT2D eigenvalue weighted by atomic mass is 16.3. The maximum absolute atomic E-state index is 6.48. The van der Waals surface area contributed by atoms with Gasteiger partial charge in [-0.05, 0) is 52.1 Å². The van der Waals surface area contributed by atoms with Gasteiger partial charge in [0.15, 0.2) is 11.4 Å². The van der Waals surface area contributed by atoms with Gasteiger partial charge in [-0.2, -0.15) is 0 Å². The molecule has 7 aromatic carbocycles. The molecule has 0 spiro atoms. The number of aromatic nitrogens is 3. The SMILES string of the molecule is c1ccc(-c2ccc(-c3cc(-c4ccc(-c5c6ccccc6n6c5oc5ccccc56)cc4)nc(-c4ccc(-c5ccccc5)cc4)n3)cc2)cc1. The van der Waals surface area contributed by atoms with E-state index in [1.54, 1.807) is 0 Å². The summed E-state index contributed by atoms with van der Waals surface area (Å²) in [7, 11) is 0. The molecule has 10 rings (SSSR count). The largest absolute Gasteiger partial charge is 0.438 e. The van der Waals surface area contributed by atoms with Crippen LogP contribution < -0.4 is 0 Å². The van der Waals surface area contributed by atoms with E-state index in [9.17, 15) is 0 Å². The summed E-state index contributed by atoms with van der Waals surface area (Å²) in [6.45, 7) is 0. The third-order valence-corrected chi connectivity index (χ3v) is 9.88. The van der Waals surface area contributed by atoms with E-state index >= 15 is 0 Å². The van der Waals surface area contributed by atoms with Gasteiger partial charge in [0.1, 0.15) is 0 Å². The predicted octanol–water partition coefficient (Wildman–Crippen LogP) is 12.6. The fraction of sp³-hybridized carbons (Fsp3) is 0. The van der Waals surface area contributed by atoms with E-state index in [4.69, 9.17) is 14.4 Å². The maximum Gasteiger partial charge on any atom is 0.213 e. The van der Waals surface area contributed by atoms with Crippen molar-refractivity contribution < 1.29 is 4.42 Å². The van der Waals surface area contributed by atoms with E-state index in [2.05, 4.69) is 168 Å². The number of oxazole rings is 1. The zero-order chi connectivity index (χ0) is 34.4. The summed E-state index contributed by atoms with van der Waals surface area (Å²) >= 11 is 0. The van der Waals surface area contributed by atoms with Crippen LogP contribution in [0.25, 0.3) is 95.0 Å². The van der Waals surface area contributed by atoms with E-state index in [0.717, 1.165) is 72.5 Å². The first-order valence-corrected chi connectivity index (χ1v) is 17.5. The Balaban J connectivity index is 1.08. The second-order valence-electron chi connectivity index (χ2n) is 13.0. The summed E-state index contributed by atoms with van der Waals surface area (Å²) in [4.78, 5) is 10.3. The van der Waals surface area contributed by atoms with Crippen LogP contribution in [-0.2, 0) is 0 Å². The summed E-state index contributed by atoms with van der Waals surface area (Å²) in [5.74, 6) is 0.686. The Morgan fingerprint density at radius 2 is 0.808 bits per heavy atom. The minimum Gasteiger partial charge on any atom is -0.438 e. The van der Waals surface area contributed by atoms with Crippen LogP contribution >= 0.6 is 0 Å². The molecule has 4 nitrogen and oxygen atoms in total. The average Bonchev–Trinajstić information content (AvgIpc) is 3.76. The van der Waals surface area contributed by atoms with Gasteiger partial charge >= 0.3 is 0 Å². The Morgan fingerprint density at radius 1 is 0.365 bits per heavy atom. The topological polar surface area (TPSA) is 43.3 Å². The number of benzene rings is 7. The highest BCUT2D eigenvalue weighted by Crippen LogP contribution is 2.40. The van der Waals surface area contributed by atoms with Gasteiger partial charge in [-0.25, -0.2) is 9.97 Å². The molecule has 0 radical (unpaired) electrons. The molecular weight excluding hydrogens is 635 g/mol. The molecule has 0 unspecified atom stereocenters. The molecule has 0 aliphatic carbocycles. The van der Waals surface area contributed by atoms with Crippen LogP contribution in [0, 0.1) is 0 Å². The van der Waals surface area contributed by atoms with Crippen LogP contribution in [0.15, 0.2) is 192 Å². The van der Waals surface area contributed by atoms with Gasteiger partial charge in [0.2, 0.25) is 5.71 Å². The number of para-hydroxylation sites is 3. The molecule has 4 heteroatoms. The molecule has 244 valence electrons. The van der Waals surface area contributed by atoms with Crippen molar-refractivity contribution in [1.82, 2.24) is 14.4 Å². The standard InChI is InChI=1S/C48H31N3O/c1-3-11-32(12-4-1)34-19-23-36(24-20-34)41-31-42(50-47(49-41)39-29-21-35(22-30-39)33-13-5-2-6-14-33)37-25-27-38(28-26-37)46-40-15-7-8-16-43(40)51-44-17-9-10-18-45(44)52-48(46)51/h1-31H. The molecular formula is C48H31N3O. The molecule has 10 aromatic rings. The van der Waals surface area contributed by atoms with E-state index in [0.29, 0.717) is 5.82 Å². The average molecular weight is 666 g/mol. The van der Waals surface area contributed by atoms with Gasteiger partial charge in [0.25, 0.3) is 0 Å². The van der Waals surface area contributed by atoms with Crippen molar-refractivity contribution in [3.8, 4) is 67.3 Å². The lowest BCUT2D eigenvalue weighted by atomic mass is 10.00. The van der Waals surface area contributed by atoms with Gasteiger partial charge in [-0.3, -0.25) is 4.40 Å². The zero-order valence-corrected chi connectivity index (χ0v) is 28.1. The molecule has 0 fully saturated rings. The lowest BCUT2D eigenvalue weighted by Gasteiger charge is -2.11. The predicted molar refractivity (Wildman–Crippen MR) is 213 cm³/mol. The number of hydrogen-bond acceptors (Lipinski definition) is 3. The second kappa shape index (κ2) is 12.4. The smallest absolute Gasteiger partial charge is 0.213 e. The van der Waals surface area contributed by atoms with E-state index in [1.165, 1.54) is 16.7 Å². The van der Waals surface area contributed by atoms with Gasteiger partial charge in [-0.1, -0.05) is 164 Å². The molecule has 0 amide bonds. The fourth-order valence-corrected chi connectivity index (χ4v) is 7.25. The zero-order valence-electron chi connectivity index (χ0n) is 28.1. The quantitative estimate of drug-likeness (QED) is 0.178. The number of fused-ring (bicyclic) bond motifs is 5. The lowest BCUT2D eigenvalue weighted by molar-refractivity contribution is 0.658. The van der Waals surface area contributed by atoms with Crippen molar-refractivity contribution in [2.24, 2.45) is 0 Å². The van der Waals surface area contributed by atoms with E-state index < -0.39 is 0 Å². The van der Waals surface area contributed by atoms with Crippen LogP contribution in [0.4, 0.5) is 0 Å². The van der Waals surface area contributed by atoms with Crippen LogP contribution in [0.5, 0.6) is 0 Å². The van der Waals surface area contributed by atoms with Crippen molar-refractivity contribution in [3.63, 3.8) is 0 Å². The fourth-order valence-electron chi connectivity index (χ4n) is 7.25. The van der Waals surface area contributed by atoms with Crippen LogP contribution in [0.1, 0.15) is 0 Å². The molecule has 0 bridgehead atoms. The minimum absolute atomic E-state index is 0.686. The first-order valence-electron chi connectivity index (χ1n) is 17.5. The van der Waals surface area contributed by atoms with Crippen molar-refractivity contribution in [2.75, 3.05) is 0 Å². The highest BCUT2D eigenvalue weighted by molar-refractivity contribution is 6.07. The number of hydrogen-bond donors (Lipinski definition) is 0. The van der Waals surface area contributed by atoms with Crippen LogP contribution in [0.3, 0.4) is 0 Å². The Hall–Kier alpha value is -7.04. The highest BCUT2D eigenvalue weighted by Gasteiger charge is 2.20. The molecule has 0 atom stereocenters. The number of nitrogens with zero attached hydrogens (tertiary/aromatic N) is 3. The first kappa shape index (κ1) is 29.8. The Labute approximate surface area is 300 Å². The molecule has 3 heterocycles. The Bertz CT molecular complexity index is 2750. The lowest BCUT2D eigenvalue weighted by Crippen LogP contribution is -1.96. The minimum atomic E-state index is 0.686. The van der Waals surface area contributed by atoms with Gasteiger partial charge in [0.05, 0.1) is 28.0 Å². The van der Waals surface area contributed by atoms with Gasteiger partial charge in [-0.15, -0.1) is 0 Å². The molecule has 0 saturated heterocycles. The molecule has 52 heavy (non-hydrogen) atoms. The van der Waals surface area contributed by atoms with Crippen molar-refractivity contribution >= 4 is 27.7 Å². The third kappa shape index (κ3) is 5.17. The summed E-state index contributed by atoms with van der Waals surface area (Å²) in [6.07, 6.45) is 0. The normalized spacial score (nSPS) is 11.5. The Morgan fingerprint density at radius 3 is 1.40 bits per heavy atom. The second-order valence-corrected chi connectivity index (χ2v) is 13.0. The molecule has 0 saturated carbocycles.